The molecule has 1 unspecified atom stereocenters. The van der Waals surface area contributed by atoms with Gasteiger partial charge in [-0.05, 0) is 19.4 Å². The van der Waals surface area contributed by atoms with Crippen LogP contribution in [-0.4, -0.2) is 23.7 Å². The van der Waals surface area contributed by atoms with E-state index >= 15 is 0 Å². The van der Waals surface area contributed by atoms with Crippen molar-refractivity contribution in [1.29, 1.82) is 0 Å². The smallest absolute Gasteiger partial charge is 0.273 e. The fraction of sp³-hybridized carbons (Fsp3) is 0.333. The van der Waals surface area contributed by atoms with Gasteiger partial charge in [-0.1, -0.05) is 18.2 Å². The first-order valence-electron chi connectivity index (χ1n) is 7.11. The van der Waals surface area contributed by atoms with E-state index in [1.54, 1.807) is 6.92 Å². The Hall–Kier alpha value is -2.71. The monoisotopic (exact) mass is 340 g/mol. The number of nitrogens with zero attached hydrogens (tertiary/aromatic N) is 2. The lowest BCUT2D eigenvalue weighted by molar-refractivity contribution is -0.137. The van der Waals surface area contributed by atoms with Crippen molar-refractivity contribution < 1.29 is 22.8 Å². The summed E-state index contributed by atoms with van der Waals surface area (Å²) >= 11 is 0. The molecule has 0 saturated heterocycles. The van der Waals surface area contributed by atoms with Gasteiger partial charge in [0.15, 0.2) is 0 Å². The molecular weight excluding hydrogens is 325 g/mol. The van der Waals surface area contributed by atoms with Gasteiger partial charge in [-0.2, -0.15) is 23.4 Å². The molecule has 1 aliphatic rings. The van der Waals surface area contributed by atoms with Crippen molar-refractivity contribution in [2.24, 2.45) is 16.1 Å². The molecule has 24 heavy (non-hydrogen) atoms. The summed E-state index contributed by atoms with van der Waals surface area (Å²) in [4.78, 5) is 23.1. The third-order valence-electron chi connectivity index (χ3n) is 3.48. The van der Waals surface area contributed by atoms with Gasteiger partial charge in [0.05, 0.1) is 17.7 Å². The Bertz CT molecular complexity index is 698. The van der Waals surface area contributed by atoms with Crippen LogP contribution in [0.15, 0.2) is 34.5 Å². The van der Waals surface area contributed by atoms with Crippen LogP contribution in [0.25, 0.3) is 0 Å². The third-order valence-corrected chi connectivity index (χ3v) is 3.48. The van der Waals surface area contributed by atoms with Crippen molar-refractivity contribution in [2.75, 3.05) is 0 Å². The second kappa shape index (κ2) is 7.24. The second-order valence-electron chi connectivity index (χ2n) is 5.20. The molecular formula is C15H15F3N4O2. The van der Waals surface area contributed by atoms with Gasteiger partial charge in [0.2, 0.25) is 11.8 Å². The van der Waals surface area contributed by atoms with Gasteiger partial charge in [-0.25, -0.2) is 10.9 Å². The molecule has 2 amide bonds. The Morgan fingerprint density at radius 2 is 2.12 bits per heavy atom. The quantitative estimate of drug-likeness (QED) is 0.635. The molecule has 1 aromatic rings. The Morgan fingerprint density at radius 1 is 1.42 bits per heavy atom. The first-order valence-corrected chi connectivity index (χ1v) is 7.11. The molecule has 1 aliphatic heterocycles. The zero-order valence-corrected chi connectivity index (χ0v) is 12.7. The van der Waals surface area contributed by atoms with E-state index in [0.717, 1.165) is 12.3 Å². The summed E-state index contributed by atoms with van der Waals surface area (Å²) in [6.45, 7) is 1.67. The largest absolute Gasteiger partial charge is 0.417 e. The maximum absolute atomic E-state index is 12.8. The molecule has 128 valence electrons. The number of amides is 2. The van der Waals surface area contributed by atoms with Crippen LogP contribution in [0, 0.1) is 5.92 Å². The zero-order valence-electron chi connectivity index (χ0n) is 12.7. The summed E-state index contributed by atoms with van der Waals surface area (Å²) in [7, 11) is 0. The predicted octanol–water partition coefficient (Wildman–Crippen LogP) is 2.06. The number of alkyl halides is 3. The summed E-state index contributed by atoms with van der Waals surface area (Å²) in [6.07, 6.45) is -3.31. The van der Waals surface area contributed by atoms with Crippen LogP contribution in [0.2, 0.25) is 0 Å². The van der Waals surface area contributed by atoms with Gasteiger partial charge in [0.1, 0.15) is 0 Å². The Morgan fingerprint density at radius 3 is 2.75 bits per heavy atom. The maximum Gasteiger partial charge on any atom is 0.417 e. The van der Waals surface area contributed by atoms with Crippen molar-refractivity contribution in [2.45, 2.75) is 25.9 Å². The van der Waals surface area contributed by atoms with Crippen molar-refractivity contribution in [1.82, 2.24) is 10.9 Å². The minimum Gasteiger partial charge on any atom is -0.273 e. The number of hydrogen-bond donors (Lipinski definition) is 2. The van der Waals surface area contributed by atoms with Crippen LogP contribution in [0.1, 0.15) is 30.9 Å². The first kappa shape index (κ1) is 17.6. The summed E-state index contributed by atoms with van der Waals surface area (Å²) < 4.78 is 38.4. The van der Waals surface area contributed by atoms with E-state index in [4.69, 9.17) is 0 Å². The Balaban J connectivity index is 1.89. The fourth-order valence-corrected chi connectivity index (χ4v) is 2.20. The summed E-state index contributed by atoms with van der Waals surface area (Å²) in [5.41, 5.74) is 4.07. The number of carbonyl (C=O) groups is 2. The van der Waals surface area contributed by atoms with Crippen molar-refractivity contribution in [3.8, 4) is 0 Å². The minimum atomic E-state index is -4.50. The molecule has 0 radical (unpaired) electrons. The Kier molecular flexibility index (Phi) is 5.32. The van der Waals surface area contributed by atoms with Gasteiger partial charge < -0.3 is 0 Å². The van der Waals surface area contributed by atoms with Crippen LogP contribution in [-0.2, 0) is 15.8 Å². The molecule has 0 aliphatic carbocycles. The summed E-state index contributed by atoms with van der Waals surface area (Å²) in [5, 5.41) is 7.30. The minimum absolute atomic E-state index is 0.00318. The highest BCUT2D eigenvalue weighted by Crippen LogP contribution is 2.31. The first-order chi connectivity index (χ1) is 11.3. The highest BCUT2D eigenvalue weighted by Gasteiger charge is 2.32. The van der Waals surface area contributed by atoms with Crippen molar-refractivity contribution in [3.63, 3.8) is 0 Å². The number of nitrogens with one attached hydrogen (secondary N) is 2. The number of hydrazone groups is 2. The topological polar surface area (TPSA) is 82.9 Å². The SMILES string of the molecule is CC1=NNC(=O)C1CCC(=O)NN=Cc1ccccc1C(F)(F)F. The van der Waals surface area contributed by atoms with E-state index in [0.29, 0.717) is 5.71 Å². The average Bonchev–Trinajstić information content (AvgIpc) is 2.83. The van der Waals surface area contributed by atoms with E-state index in [-0.39, 0.29) is 24.3 Å². The van der Waals surface area contributed by atoms with E-state index in [1.807, 2.05) is 0 Å². The van der Waals surface area contributed by atoms with E-state index in [1.165, 1.54) is 18.2 Å². The van der Waals surface area contributed by atoms with Gasteiger partial charge in [0.25, 0.3) is 0 Å². The highest BCUT2D eigenvalue weighted by molar-refractivity contribution is 6.07. The third kappa shape index (κ3) is 4.40. The van der Waals surface area contributed by atoms with E-state index in [2.05, 4.69) is 21.1 Å². The molecule has 6 nitrogen and oxygen atoms in total. The van der Waals surface area contributed by atoms with E-state index in [9.17, 15) is 22.8 Å². The summed E-state index contributed by atoms with van der Waals surface area (Å²) in [5.74, 6) is -1.24. The molecule has 0 fully saturated rings. The number of halogens is 3. The van der Waals surface area contributed by atoms with Crippen LogP contribution in [0.5, 0.6) is 0 Å². The van der Waals surface area contributed by atoms with Crippen molar-refractivity contribution in [3.05, 3.63) is 35.4 Å². The summed E-state index contributed by atoms with van der Waals surface area (Å²) in [6, 6.07) is 4.90. The molecule has 1 heterocycles. The number of rotatable bonds is 5. The van der Waals surface area contributed by atoms with Gasteiger partial charge in [-0.15, -0.1) is 0 Å². The average molecular weight is 340 g/mol. The maximum atomic E-state index is 12.8. The fourth-order valence-electron chi connectivity index (χ4n) is 2.20. The molecule has 0 aromatic heterocycles. The van der Waals surface area contributed by atoms with Gasteiger partial charge in [-0.3, -0.25) is 9.59 Å². The molecule has 0 saturated carbocycles. The van der Waals surface area contributed by atoms with Crippen LogP contribution >= 0.6 is 0 Å². The van der Waals surface area contributed by atoms with Crippen molar-refractivity contribution >= 4 is 23.7 Å². The second-order valence-corrected chi connectivity index (χ2v) is 5.20. The highest BCUT2D eigenvalue weighted by atomic mass is 19.4. The van der Waals surface area contributed by atoms with Crippen LogP contribution in [0.3, 0.4) is 0 Å². The lowest BCUT2D eigenvalue weighted by atomic mass is 9.99. The van der Waals surface area contributed by atoms with Crippen LogP contribution in [0.4, 0.5) is 13.2 Å². The normalized spacial score (nSPS) is 17.8. The molecule has 2 rings (SSSR count). The standard InChI is InChI=1S/C15H15F3N4O2/c1-9-11(14(24)22-20-9)6-7-13(23)21-19-8-10-4-2-3-5-12(10)15(16,17)18/h2-5,8,11H,6-7H2,1H3,(H,21,23)(H,22,24). The van der Waals surface area contributed by atoms with Crippen LogP contribution < -0.4 is 10.9 Å². The predicted molar refractivity (Wildman–Crippen MR) is 81.2 cm³/mol. The molecule has 9 heteroatoms. The van der Waals surface area contributed by atoms with Gasteiger partial charge in [0, 0.05) is 17.7 Å². The molecule has 2 N–H and O–H groups in total. The molecule has 0 bridgehead atoms. The lowest BCUT2D eigenvalue weighted by Gasteiger charge is -2.09. The Labute approximate surface area is 135 Å². The number of benzene rings is 1. The van der Waals surface area contributed by atoms with E-state index < -0.39 is 23.6 Å². The number of carbonyl (C=O) groups excluding carboxylic acids is 2. The lowest BCUT2D eigenvalue weighted by Crippen LogP contribution is -2.25. The molecule has 0 spiro atoms. The zero-order chi connectivity index (χ0) is 17.7. The molecule has 1 atom stereocenters. The van der Waals surface area contributed by atoms with Gasteiger partial charge >= 0.3 is 6.18 Å². The molecule has 1 aromatic carbocycles. The number of hydrogen-bond acceptors (Lipinski definition) is 4.